The molecule has 0 bridgehead atoms. The lowest BCUT2D eigenvalue weighted by Gasteiger charge is -2.34. The largest absolute Gasteiger partial charge is 0.373 e. The summed E-state index contributed by atoms with van der Waals surface area (Å²) in [7, 11) is -3.71. The van der Waals surface area contributed by atoms with Crippen LogP contribution < -0.4 is 5.32 Å². The number of anilines is 1. The molecule has 2 atom stereocenters. The number of hydrogen-bond acceptors (Lipinski definition) is 5. The second kappa shape index (κ2) is 7.75. The van der Waals surface area contributed by atoms with Gasteiger partial charge >= 0.3 is 0 Å². The molecule has 1 aliphatic heterocycles. The Bertz CT molecular complexity index is 935. The molecule has 0 spiro atoms. The second-order valence-electron chi connectivity index (χ2n) is 6.73. The van der Waals surface area contributed by atoms with E-state index in [1.165, 1.54) is 16.4 Å². The summed E-state index contributed by atoms with van der Waals surface area (Å²) in [5.74, 6) is 0.0455. The first kappa shape index (κ1) is 19.5. The van der Waals surface area contributed by atoms with E-state index in [-0.39, 0.29) is 35.8 Å². The van der Waals surface area contributed by atoms with Crippen molar-refractivity contribution < 1.29 is 17.9 Å². The maximum Gasteiger partial charge on any atom is 0.256 e. The number of hydrogen-bond donors (Lipinski definition) is 1. The topological polar surface area (TPSA) is 88.6 Å². The first-order valence-electron chi connectivity index (χ1n) is 8.76. The van der Waals surface area contributed by atoms with Crippen LogP contribution in [0.15, 0.2) is 47.5 Å². The Morgan fingerprint density at radius 1 is 1.19 bits per heavy atom. The highest BCUT2D eigenvalue weighted by Gasteiger charge is 2.32. The van der Waals surface area contributed by atoms with E-state index in [1.807, 2.05) is 26.8 Å². The molecule has 2 aromatic rings. The third kappa shape index (κ3) is 4.35. The lowest BCUT2D eigenvalue weighted by Crippen LogP contribution is -2.48. The van der Waals surface area contributed by atoms with E-state index >= 15 is 0 Å². The minimum absolute atomic E-state index is 0.0918. The van der Waals surface area contributed by atoms with Crippen LogP contribution in [-0.2, 0) is 14.8 Å². The van der Waals surface area contributed by atoms with Crippen LogP contribution in [0.5, 0.6) is 0 Å². The maximum absolute atomic E-state index is 13.0. The molecule has 3 rings (SSSR count). The van der Waals surface area contributed by atoms with Gasteiger partial charge < -0.3 is 10.1 Å². The van der Waals surface area contributed by atoms with Crippen molar-refractivity contribution in [3.05, 3.63) is 53.7 Å². The normalized spacial score (nSPS) is 21.0. The Labute approximate surface area is 159 Å². The van der Waals surface area contributed by atoms with Crippen LogP contribution in [0.25, 0.3) is 0 Å². The molecule has 8 heteroatoms. The molecule has 1 aliphatic rings. The lowest BCUT2D eigenvalue weighted by molar-refractivity contribution is -0.0440. The third-order valence-electron chi connectivity index (χ3n) is 4.36. The van der Waals surface area contributed by atoms with Crippen LogP contribution in [0.1, 0.15) is 29.8 Å². The van der Waals surface area contributed by atoms with Crippen molar-refractivity contribution in [3.63, 3.8) is 0 Å². The molecule has 2 unspecified atom stereocenters. The van der Waals surface area contributed by atoms with E-state index in [0.717, 1.165) is 5.56 Å². The molecule has 1 amide bonds. The quantitative estimate of drug-likeness (QED) is 0.868. The fourth-order valence-electron chi connectivity index (χ4n) is 3.07. The summed E-state index contributed by atoms with van der Waals surface area (Å²) in [6, 6.07) is 9.67. The minimum Gasteiger partial charge on any atom is -0.373 e. The number of amides is 1. The van der Waals surface area contributed by atoms with E-state index in [9.17, 15) is 13.2 Å². The highest BCUT2D eigenvalue weighted by atomic mass is 32.2. The zero-order chi connectivity index (χ0) is 19.6. The maximum atomic E-state index is 13.0. The molecular weight excluding hydrogens is 366 g/mol. The molecule has 1 N–H and O–H groups in total. The SMILES string of the molecule is Cc1cccnc1NC(=O)c1cccc(S(=O)(=O)N2CC(C)OC(C)C2)c1. The van der Waals surface area contributed by atoms with Crippen molar-refractivity contribution in [2.75, 3.05) is 18.4 Å². The number of nitrogens with zero attached hydrogens (tertiary/aromatic N) is 2. The number of benzene rings is 1. The highest BCUT2D eigenvalue weighted by Crippen LogP contribution is 2.22. The van der Waals surface area contributed by atoms with Gasteiger partial charge in [-0.3, -0.25) is 4.79 Å². The molecule has 1 aromatic heterocycles. The van der Waals surface area contributed by atoms with E-state index in [1.54, 1.807) is 24.4 Å². The summed E-state index contributed by atoms with van der Waals surface area (Å²) in [6.45, 7) is 6.10. The molecule has 144 valence electrons. The van der Waals surface area contributed by atoms with Gasteiger partial charge in [-0.2, -0.15) is 4.31 Å². The average Bonchev–Trinajstić information content (AvgIpc) is 2.63. The Hall–Kier alpha value is -2.29. The van der Waals surface area contributed by atoms with Crippen LogP contribution >= 0.6 is 0 Å². The van der Waals surface area contributed by atoms with Gasteiger partial charge in [0.15, 0.2) is 0 Å². The van der Waals surface area contributed by atoms with Gasteiger partial charge in [-0.1, -0.05) is 12.1 Å². The average molecular weight is 389 g/mol. The number of pyridine rings is 1. The highest BCUT2D eigenvalue weighted by molar-refractivity contribution is 7.89. The van der Waals surface area contributed by atoms with E-state index in [2.05, 4.69) is 10.3 Å². The molecule has 1 aromatic carbocycles. The van der Waals surface area contributed by atoms with Gasteiger partial charge in [-0.25, -0.2) is 13.4 Å². The van der Waals surface area contributed by atoms with Crippen molar-refractivity contribution in [1.82, 2.24) is 9.29 Å². The fourth-order valence-corrected chi connectivity index (χ4v) is 4.71. The molecule has 7 nitrogen and oxygen atoms in total. The molecule has 27 heavy (non-hydrogen) atoms. The van der Waals surface area contributed by atoms with Gasteiger partial charge in [0.05, 0.1) is 17.1 Å². The van der Waals surface area contributed by atoms with Gasteiger partial charge in [0.2, 0.25) is 10.0 Å². The molecule has 0 aliphatic carbocycles. The van der Waals surface area contributed by atoms with Gasteiger partial charge in [0, 0.05) is 24.8 Å². The van der Waals surface area contributed by atoms with Crippen LogP contribution in [0.3, 0.4) is 0 Å². The number of aryl methyl sites for hydroxylation is 1. The van der Waals surface area contributed by atoms with E-state index in [4.69, 9.17) is 4.74 Å². The van der Waals surface area contributed by atoms with Crippen LogP contribution in [0.4, 0.5) is 5.82 Å². The Morgan fingerprint density at radius 2 is 1.89 bits per heavy atom. The molecule has 0 radical (unpaired) electrons. The minimum atomic E-state index is -3.71. The zero-order valence-electron chi connectivity index (χ0n) is 15.5. The van der Waals surface area contributed by atoms with Crippen LogP contribution in [0.2, 0.25) is 0 Å². The summed E-state index contributed by atoms with van der Waals surface area (Å²) in [5.41, 5.74) is 1.08. The summed E-state index contributed by atoms with van der Waals surface area (Å²) in [5, 5.41) is 2.72. The Morgan fingerprint density at radius 3 is 2.56 bits per heavy atom. The number of sulfonamides is 1. The van der Waals surface area contributed by atoms with Crippen molar-refractivity contribution in [2.24, 2.45) is 0 Å². The summed E-state index contributed by atoms with van der Waals surface area (Å²) < 4.78 is 33.0. The number of ether oxygens (including phenoxy) is 1. The Kier molecular flexibility index (Phi) is 5.59. The first-order valence-corrected chi connectivity index (χ1v) is 10.2. The van der Waals surface area contributed by atoms with Crippen molar-refractivity contribution in [1.29, 1.82) is 0 Å². The Balaban J connectivity index is 1.84. The van der Waals surface area contributed by atoms with E-state index < -0.39 is 15.9 Å². The van der Waals surface area contributed by atoms with Crippen molar-refractivity contribution >= 4 is 21.7 Å². The van der Waals surface area contributed by atoms with Crippen molar-refractivity contribution in [3.8, 4) is 0 Å². The number of carbonyl (C=O) groups is 1. The lowest BCUT2D eigenvalue weighted by atomic mass is 10.2. The molecular formula is C19H23N3O4S. The van der Waals surface area contributed by atoms with Gasteiger partial charge in [-0.05, 0) is 50.6 Å². The van der Waals surface area contributed by atoms with Gasteiger partial charge in [0.25, 0.3) is 5.91 Å². The number of morpholine rings is 1. The molecule has 2 heterocycles. The number of nitrogens with one attached hydrogen (secondary N) is 1. The zero-order valence-corrected chi connectivity index (χ0v) is 16.4. The number of rotatable bonds is 4. The van der Waals surface area contributed by atoms with E-state index in [0.29, 0.717) is 5.82 Å². The summed E-state index contributed by atoms with van der Waals surface area (Å²) in [4.78, 5) is 16.8. The third-order valence-corrected chi connectivity index (χ3v) is 6.19. The summed E-state index contributed by atoms with van der Waals surface area (Å²) >= 11 is 0. The van der Waals surface area contributed by atoms with Crippen LogP contribution in [0, 0.1) is 6.92 Å². The van der Waals surface area contributed by atoms with Crippen molar-refractivity contribution in [2.45, 2.75) is 37.9 Å². The summed E-state index contributed by atoms with van der Waals surface area (Å²) in [6.07, 6.45) is 1.23. The monoisotopic (exact) mass is 389 g/mol. The predicted molar refractivity (Wildman–Crippen MR) is 102 cm³/mol. The van der Waals surface area contributed by atoms with Gasteiger partial charge in [-0.15, -0.1) is 0 Å². The molecule has 1 saturated heterocycles. The smallest absolute Gasteiger partial charge is 0.256 e. The fraction of sp³-hybridized carbons (Fsp3) is 0.368. The number of carbonyl (C=O) groups excluding carboxylic acids is 1. The molecule has 0 saturated carbocycles. The van der Waals surface area contributed by atoms with Crippen LogP contribution in [-0.4, -0.2) is 48.9 Å². The second-order valence-corrected chi connectivity index (χ2v) is 8.67. The number of aromatic nitrogens is 1. The predicted octanol–water partition coefficient (Wildman–Crippen LogP) is 2.44. The first-order chi connectivity index (χ1) is 12.8. The van der Waals surface area contributed by atoms with Gasteiger partial charge in [0.1, 0.15) is 5.82 Å². The molecule has 1 fully saturated rings. The standard InChI is InChI=1S/C19H23N3O4S/c1-13-6-5-9-20-18(13)21-19(23)16-7-4-8-17(10-16)27(24,25)22-11-14(2)26-15(3)12-22/h4-10,14-15H,11-12H2,1-3H3,(H,20,21,23).